The summed E-state index contributed by atoms with van der Waals surface area (Å²) >= 11 is 3.19. The van der Waals surface area contributed by atoms with Crippen molar-refractivity contribution in [3.63, 3.8) is 0 Å². The van der Waals surface area contributed by atoms with Gasteiger partial charge in [0.05, 0.1) is 4.47 Å². The third-order valence-electron chi connectivity index (χ3n) is 3.49. The molecule has 0 saturated carbocycles. The van der Waals surface area contributed by atoms with Gasteiger partial charge in [0, 0.05) is 23.4 Å². The number of fused-ring (bicyclic) bond motifs is 1. The van der Waals surface area contributed by atoms with Gasteiger partial charge in [-0.2, -0.15) is 27.8 Å². The molecule has 0 bridgehead atoms. The van der Waals surface area contributed by atoms with E-state index in [1.54, 1.807) is 19.1 Å². The highest BCUT2D eigenvalue weighted by molar-refractivity contribution is 9.10. The molecule has 7 nitrogen and oxygen atoms in total. The number of aromatic nitrogens is 5. The largest absolute Gasteiger partial charge is 0.405 e. The van der Waals surface area contributed by atoms with Crippen LogP contribution in [0.2, 0.25) is 0 Å². The Hall–Kier alpha value is -2.43. The van der Waals surface area contributed by atoms with Crippen molar-refractivity contribution < 1.29 is 13.2 Å². The van der Waals surface area contributed by atoms with E-state index in [0.717, 1.165) is 0 Å². The monoisotopic (exact) mass is 415 g/mol. The maximum absolute atomic E-state index is 12.4. The Kier molecular flexibility index (Phi) is 4.50. The first kappa shape index (κ1) is 17.4. The molecule has 3 aromatic heterocycles. The summed E-state index contributed by atoms with van der Waals surface area (Å²) in [4.78, 5) is 12.5. The first-order chi connectivity index (χ1) is 11.7. The number of nitrogen functional groups attached to an aromatic ring is 1. The van der Waals surface area contributed by atoms with Gasteiger partial charge in [-0.25, -0.2) is 9.97 Å². The van der Waals surface area contributed by atoms with E-state index in [1.165, 1.54) is 10.8 Å². The van der Waals surface area contributed by atoms with Crippen LogP contribution in [0.25, 0.3) is 5.78 Å². The van der Waals surface area contributed by atoms with Crippen molar-refractivity contribution in [3.8, 4) is 0 Å². The van der Waals surface area contributed by atoms with E-state index >= 15 is 0 Å². The lowest BCUT2D eigenvalue weighted by atomic mass is 10.1. The van der Waals surface area contributed by atoms with Crippen LogP contribution >= 0.6 is 15.9 Å². The molecule has 0 aromatic carbocycles. The molecule has 0 saturated heterocycles. The van der Waals surface area contributed by atoms with Crippen LogP contribution in [0.1, 0.15) is 17.0 Å². The van der Waals surface area contributed by atoms with Gasteiger partial charge in [-0.1, -0.05) is 0 Å². The molecule has 0 spiro atoms. The highest BCUT2D eigenvalue weighted by Crippen LogP contribution is 2.25. The third-order valence-corrected chi connectivity index (χ3v) is 4.13. The Morgan fingerprint density at radius 3 is 2.76 bits per heavy atom. The molecule has 0 fully saturated rings. The van der Waals surface area contributed by atoms with Crippen LogP contribution in [0.4, 0.5) is 24.8 Å². The zero-order valence-electron chi connectivity index (χ0n) is 13.0. The number of nitrogens with two attached hydrogens (primary N) is 1. The highest BCUT2D eigenvalue weighted by Gasteiger charge is 2.27. The minimum absolute atomic E-state index is 0.112. The molecule has 0 amide bonds. The number of nitrogens with zero attached hydrogens (tertiary/aromatic N) is 5. The summed E-state index contributed by atoms with van der Waals surface area (Å²) in [5.74, 6) is 0.866. The van der Waals surface area contributed by atoms with E-state index < -0.39 is 12.7 Å². The van der Waals surface area contributed by atoms with Crippen LogP contribution < -0.4 is 11.1 Å². The standard InChI is InChI=1S/C14H13BrF3N7/c1-7-9(11(19)25-13(23-7)21-6-22-25)4-8-2-3-10(15)12(24-8)20-5-14(16,17)18/h2-3,6H,4-5,19H2,1H3,(H,20,24). The van der Waals surface area contributed by atoms with Crippen molar-refractivity contribution in [1.82, 2.24) is 24.6 Å². The fraction of sp³-hybridized carbons (Fsp3) is 0.286. The maximum Gasteiger partial charge on any atom is 0.405 e. The Morgan fingerprint density at radius 1 is 1.28 bits per heavy atom. The van der Waals surface area contributed by atoms with Crippen LogP contribution in [0, 0.1) is 6.92 Å². The quantitative estimate of drug-likeness (QED) is 0.680. The molecule has 25 heavy (non-hydrogen) atoms. The number of hydrogen-bond acceptors (Lipinski definition) is 6. The van der Waals surface area contributed by atoms with Crippen LogP contribution in [-0.2, 0) is 6.42 Å². The maximum atomic E-state index is 12.4. The number of anilines is 2. The van der Waals surface area contributed by atoms with Crippen molar-refractivity contribution in [2.45, 2.75) is 19.5 Å². The van der Waals surface area contributed by atoms with E-state index in [4.69, 9.17) is 5.73 Å². The topological polar surface area (TPSA) is 94.0 Å². The van der Waals surface area contributed by atoms with Crippen LogP contribution in [0.3, 0.4) is 0 Å². The van der Waals surface area contributed by atoms with Gasteiger partial charge >= 0.3 is 6.18 Å². The molecule has 3 rings (SSSR count). The Labute approximate surface area is 148 Å². The number of aryl methyl sites for hydroxylation is 1. The number of rotatable bonds is 4. The van der Waals surface area contributed by atoms with Crippen molar-refractivity contribution in [2.24, 2.45) is 0 Å². The average molecular weight is 416 g/mol. The molecule has 0 radical (unpaired) electrons. The molecular weight excluding hydrogens is 403 g/mol. The molecule has 0 aliphatic rings. The lowest BCUT2D eigenvalue weighted by molar-refractivity contribution is -0.115. The summed E-state index contributed by atoms with van der Waals surface area (Å²) < 4.78 is 39.0. The molecular formula is C14H13BrF3N7. The predicted molar refractivity (Wildman–Crippen MR) is 89.2 cm³/mol. The zero-order valence-corrected chi connectivity index (χ0v) is 14.6. The van der Waals surface area contributed by atoms with Gasteiger partial charge in [0.25, 0.3) is 5.78 Å². The van der Waals surface area contributed by atoms with Crippen LogP contribution in [0.5, 0.6) is 0 Å². The molecule has 0 atom stereocenters. The lowest BCUT2D eigenvalue weighted by Gasteiger charge is -2.13. The predicted octanol–water partition coefficient (Wildman–Crippen LogP) is 2.74. The number of pyridine rings is 1. The van der Waals surface area contributed by atoms with E-state index in [2.05, 4.69) is 41.3 Å². The second-order valence-corrected chi connectivity index (χ2v) is 6.17. The average Bonchev–Trinajstić information content (AvgIpc) is 2.99. The van der Waals surface area contributed by atoms with E-state index in [1.807, 2.05) is 0 Å². The van der Waals surface area contributed by atoms with Crippen molar-refractivity contribution in [3.05, 3.63) is 39.9 Å². The second kappa shape index (κ2) is 6.47. The van der Waals surface area contributed by atoms with Crippen molar-refractivity contribution >= 4 is 33.3 Å². The van der Waals surface area contributed by atoms with Crippen molar-refractivity contribution in [1.29, 1.82) is 0 Å². The molecule has 0 aliphatic carbocycles. The van der Waals surface area contributed by atoms with Crippen LogP contribution in [0.15, 0.2) is 22.9 Å². The van der Waals surface area contributed by atoms with Crippen molar-refractivity contribution in [2.75, 3.05) is 17.6 Å². The third kappa shape index (κ3) is 3.81. The number of hydrogen-bond donors (Lipinski definition) is 2. The molecule has 0 aliphatic heterocycles. The highest BCUT2D eigenvalue weighted by atomic mass is 79.9. The summed E-state index contributed by atoms with van der Waals surface area (Å²) in [6.45, 7) is 0.609. The molecule has 11 heteroatoms. The minimum Gasteiger partial charge on any atom is -0.383 e. The van der Waals surface area contributed by atoms with Gasteiger partial charge in [-0.05, 0) is 35.0 Å². The number of halogens is 4. The minimum atomic E-state index is -4.33. The van der Waals surface area contributed by atoms with Gasteiger partial charge in [-0.15, -0.1) is 0 Å². The smallest absolute Gasteiger partial charge is 0.383 e. The Balaban J connectivity index is 1.91. The summed E-state index contributed by atoms with van der Waals surface area (Å²) in [5, 5.41) is 6.28. The van der Waals surface area contributed by atoms with Gasteiger partial charge in [-0.3, -0.25) is 0 Å². The van der Waals surface area contributed by atoms with E-state index in [0.29, 0.717) is 39.4 Å². The lowest BCUT2D eigenvalue weighted by Crippen LogP contribution is -2.22. The summed E-state index contributed by atoms with van der Waals surface area (Å²) in [6, 6.07) is 3.33. The molecule has 3 heterocycles. The second-order valence-electron chi connectivity index (χ2n) is 5.31. The molecule has 0 unspecified atom stereocenters. The number of alkyl halides is 3. The SMILES string of the molecule is Cc1nc2ncnn2c(N)c1Cc1ccc(Br)c(NCC(F)(F)F)n1. The van der Waals surface area contributed by atoms with Crippen LogP contribution in [-0.4, -0.2) is 37.3 Å². The van der Waals surface area contributed by atoms with E-state index in [9.17, 15) is 13.2 Å². The summed E-state index contributed by atoms with van der Waals surface area (Å²) in [7, 11) is 0. The van der Waals surface area contributed by atoms with Gasteiger partial charge in [0.2, 0.25) is 0 Å². The number of nitrogens with one attached hydrogen (secondary N) is 1. The zero-order chi connectivity index (χ0) is 18.2. The first-order valence-electron chi connectivity index (χ1n) is 7.15. The molecule has 3 aromatic rings. The first-order valence-corrected chi connectivity index (χ1v) is 7.94. The Morgan fingerprint density at radius 2 is 2.04 bits per heavy atom. The van der Waals surface area contributed by atoms with E-state index in [-0.39, 0.29) is 5.82 Å². The molecule has 3 N–H and O–H groups in total. The Bertz CT molecular complexity index is 923. The van der Waals surface area contributed by atoms with Gasteiger partial charge < -0.3 is 11.1 Å². The summed E-state index contributed by atoms with van der Waals surface area (Å²) in [5.41, 5.74) is 8.01. The fourth-order valence-corrected chi connectivity index (χ4v) is 2.66. The normalized spacial score (nSPS) is 11.9. The summed E-state index contributed by atoms with van der Waals surface area (Å²) in [6.07, 6.45) is -2.69. The molecule has 132 valence electrons. The van der Waals surface area contributed by atoms with Gasteiger partial charge in [0.1, 0.15) is 24.5 Å². The van der Waals surface area contributed by atoms with Gasteiger partial charge in [0.15, 0.2) is 0 Å². The fourth-order valence-electron chi connectivity index (χ4n) is 2.30.